The summed E-state index contributed by atoms with van der Waals surface area (Å²) in [6, 6.07) is 13.5. The topological polar surface area (TPSA) is 105 Å². The molecule has 1 N–H and O–H groups in total. The van der Waals surface area contributed by atoms with Crippen LogP contribution in [0.4, 0.5) is 5.69 Å². The SMILES string of the molecule is CC1(C)C(/C=C/c2cc3cc4c(cc3oc2=O)C#CCCS(=O)C4)=[N+](CCCCS(=O)(=O)O)c2ccccc21. The Bertz CT molecular complexity index is 1790. The molecule has 1 atom stereocenters. The Balaban J connectivity index is 1.52. The first-order valence-electron chi connectivity index (χ1n) is 12.9. The lowest BCUT2D eigenvalue weighted by Gasteiger charge is -2.15. The second kappa shape index (κ2) is 10.7. The van der Waals surface area contributed by atoms with E-state index in [1.807, 2.05) is 30.3 Å². The van der Waals surface area contributed by atoms with E-state index in [4.69, 9.17) is 8.97 Å². The zero-order chi connectivity index (χ0) is 27.8. The molecule has 2 aliphatic heterocycles. The molecule has 0 aliphatic carbocycles. The molecule has 0 radical (unpaired) electrons. The molecule has 0 bridgehead atoms. The molecule has 2 aliphatic rings. The predicted octanol–water partition coefficient (Wildman–Crippen LogP) is 4.55. The molecule has 0 spiro atoms. The lowest BCUT2D eigenvalue weighted by molar-refractivity contribution is -0.438. The van der Waals surface area contributed by atoms with Gasteiger partial charge in [-0.25, -0.2) is 4.79 Å². The Hall–Kier alpha value is -3.32. The molecule has 7 nitrogen and oxygen atoms in total. The number of benzene rings is 2. The van der Waals surface area contributed by atoms with Crippen LogP contribution in [0, 0.1) is 11.8 Å². The Morgan fingerprint density at radius 3 is 2.74 bits per heavy atom. The van der Waals surface area contributed by atoms with Crippen molar-refractivity contribution < 1.29 is 26.2 Å². The van der Waals surface area contributed by atoms with Gasteiger partial charge in [-0.3, -0.25) is 8.76 Å². The summed E-state index contributed by atoms with van der Waals surface area (Å²) in [5, 5.41) is 0.744. The van der Waals surface area contributed by atoms with Crippen molar-refractivity contribution >= 4 is 49.4 Å². The van der Waals surface area contributed by atoms with Gasteiger partial charge in [0.25, 0.3) is 10.1 Å². The van der Waals surface area contributed by atoms with E-state index in [0.717, 1.165) is 33.5 Å². The van der Waals surface area contributed by atoms with Crippen LogP contribution in [-0.4, -0.2) is 45.5 Å². The number of hydrogen-bond acceptors (Lipinski definition) is 5. The summed E-state index contributed by atoms with van der Waals surface area (Å²) in [7, 11) is -5.00. The maximum atomic E-state index is 12.9. The fourth-order valence-electron chi connectivity index (χ4n) is 5.26. The Labute approximate surface area is 230 Å². The van der Waals surface area contributed by atoms with E-state index >= 15 is 0 Å². The molecular weight excluding hydrogens is 534 g/mol. The smallest absolute Gasteiger partial charge is 0.343 e. The molecule has 2 aromatic carbocycles. The number of para-hydroxylation sites is 1. The minimum absolute atomic E-state index is 0.280. The van der Waals surface area contributed by atoms with E-state index < -0.39 is 26.5 Å². The first-order chi connectivity index (χ1) is 18.5. The highest BCUT2D eigenvalue weighted by molar-refractivity contribution is 7.85. The molecule has 0 saturated carbocycles. The van der Waals surface area contributed by atoms with Crippen molar-refractivity contribution in [2.24, 2.45) is 0 Å². The van der Waals surface area contributed by atoms with E-state index in [2.05, 4.69) is 36.3 Å². The minimum atomic E-state index is -4.01. The summed E-state index contributed by atoms with van der Waals surface area (Å²) in [5.41, 5.74) is 4.79. The van der Waals surface area contributed by atoms with Crippen molar-refractivity contribution in [2.75, 3.05) is 18.1 Å². The molecule has 3 heterocycles. The second-order valence-electron chi connectivity index (χ2n) is 10.4. The van der Waals surface area contributed by atoms with Crippen LogP contribution in [0.15, 0.2) is 57.8 Å². The van der Waals surface area contributed by atoms with Gasteiger partial charge in [0, 0.05) is 63.8 Å². The highest BCUT2D eigenvalue weighted by atomic mass is 32.2. The summed E-state index contributed by atoms with van der Waals surface area (Å²) < 4.78 is 51.6. The second-order valence-corrected chi connectivity index (χ2v) is 13.5. The highest BCUT2D eigenvalue weighted by Gasteiger charge is 2.43. The van der Waals surface area contributed by atoms with Crippen LogP contribution in [-0.2, 0) is 32.1 Å². The molecule has 0 amide bonds. The molecule has 9 heteroatoms. The van der Waals surface area contributed by atoms with Crippen LogP contribution >= 0.6 is 0 Å². The van der Waals surface area contributed by atoms with Gasteiger partial charge in [0.2, 0.25) is 5.69 Å². The van der Waals surface area contributed by atoms with Crippen LogP contribution < -0.4 is 5.63 Å². The van der Waals surface area contributed by atoms with E-state index in [1.54, 1.807) is 18.2 Å². The van der Waals surface area contributed by atoms with Crippen LogP contribution in [0.25, 0.3) is 17.0 Å². The molecule has 202 valence electrons. The summed E-state index contributed by atoms with van der Waals surface area (Å²) in [6.45, 7) is 4.80. The van der Waals surface area contributed by atoms with E-state index in [1.165, 1.54) is 0 Å². The molecule has 0 saturated heterocycles. The maximum absolute atomic E-state index is 12.9. The van der Waals surface area contributed by atoms with Gasteiger partial charge in [-0.1, -0.05) is 30.0 Å². The van der Waals surface area contributed by atoms with Crippen LogP contribution in [0.1, 0.15) is 55.4 Å². The first kappa shape index (κ1) is 27.3. The van der Waals surface area contributed by atoms with Crippen LogP contribution in [0.2, 0.25) is 0 Å². The Morgan fingerprint density at radius 2 is 1.95 bits per heavy atom. The van der Waals surface area contributed by atoms with Gasteiger partial charge >= 0.3 is 5.63 Å². The molecule has 1 unspecified atom stereocenters. The predicted molar refractivity (Wildman–Crippen MR) is 155 cm³/mol. The van der Waals surface area contributed by atoms with Crippen molar-refractivity contribution in [3.05, 3.63) is 81.2 Å². The third kappa shape index (κ3) is 5.83. The van der Waals surface area contributed by atoms with Crippen molar-refractivity contribution in [1.29, 1.82) is 0 Å². The third-order valence-corrected chi connectivity index (χ3v) is 9.33. The van der Waals surface area contributed by atoms with Crippen molar-refractivity contribution in [3.8, 4) is 11.8 Å². The zero-order valence-electron chi connectivity index (χ0n) is 21.9. The van der Waals surface area contributed by atoms with Gasteiger partial charge in [0.1, 0.15) is 12.1 Å². The number of allylic oxidation sites excluding steroid dienone is 1. The quantitative estimate of drug-likeness (QED) is 0.148. The monoisotopic (exact) mass is 564 g/mol. The molecule has 1 aromatic heterocycles. The van der Waals surface area contributed by atoms with Crippen molar-refractivity contribution in [1.82, 2.24) is 0 Å². The van der Waals surface area contributed by atoms with Gasteiger partial charge in [-0.2, -0.15) is 13.0 Å². The summed E-state index contributed by atoms with van der Waals surface area (Å²) >= 11 is 0. The molecule has 3 aromatic rings. The minimum Gasteiger partial charge on any atom is -0.422 e. The summed E-state index contributed by atoms with van der Waals surface area (Å²) in [4.78, 5) is 12.9. The van der Waals surface area contributed by atoms with Crippen molar-refractivity contribution in [2.45, 2.75) is 44.3 Å². The average molecular weight is 565 g/mol. The third-order valence-electron chi connectivity index (χ3n) is 7.23. The summed E-state index contributed by atoms with van der Waals surface area (Å²) in [5.74, 6) is 6.83. The number of nitrogens with zero attached hydrogens (tertiary/aromatic N) is 1. The van der Waals surface area contributed by atoms with Gasteiger partial charge in [-0.05, 0) is 50.1 Å². The lowest BCUT2D eigenvalue weighted by Crippen LogP contribution is -2.28. The maximum Gasteiger partial charge on any atom is 0.343 e. The fourth-order valence-corrected chi connectivity index (χ4v) is 6.88. The van der Waals surface area contributed by atoms with Crippen LogP contribution in [0.5, 0.6) is 0 Å². The number of fused-ring (bicyclic) bond motifs is 3. The molecule has 5 rings (SSSR count). The van der Waals surface area contributed by atoms with Crippen LogP contribution in [0.3, 0.4) is 0 Å². The standard InChI is InChI=1S/C30H29NO6S2/c1-30(2)25-10-3-4-11-26(25)31(14-6-8-16-39(34,35)36)28(30)13-12-22-17-23-18-24-20-38(33)15-7-5-9-21(24)19-27(23)37-29(22)32/h3-4,10-13,17-19H,6-8,14-16,20H2,1-2H3/p+1/b13-12+. The number of unbranched alkanes of at least 4 members (excludes halogenated alkanes) is 1. The zero-order valence-corrected chi connectivity index (χ0v) is 23.5. The van der Waals surface area contributed by atoms with Gasteiger partial charge in [0.05, 0.1) is 16.7 Å². The summed E-state index contributed by atoms with van der Waals surface area (Å²) in [6.07, 6.45) is 5.16. The Morgan fingerprint density at radius 1 is 1.15 bits per heavy atom. The van der Waals surface area contributed by atoms with E-state index in [-0.39, 0.29) is 11.2 Å². The Kier molecular flexibility index (Phi) is 7.47. The number of rotatable bonds is 7. The van der Waals surface area contributed by atoms with Crippen molar-refractivity contribution in [3.63, 3.8) is 0 Å². The van der Waals surface area contributed by atoms with E-state index in [0.29, 0.717) is 48.5 Å². The number of hydrogen-bond donors (Lipinski definition) is 1. The molecular formula is C30H30NO6S2+. The van der Waals surface area contributed by atoms with Gasteiger partial charge in [0.15, 0.2) is 5.71 Å². The fraction of sp³-hybridized carbons (Fsp3) is 0.333. The van der Waals surface area contributed by atoms with Gasteiger partial charge in [-0.15, -0.1) is 0 Å². The van der Waals surface area contributed by atoms with E-state index in [9.17, 15) is 17.4 Å². The van der Waals surface area contributed by atoms with Gasteiger partial charge < -0.3 is 4.42 Å². The lowest BCUT2D eigenvalue weighted by atomic mass is 9.81. The highest BCUT2D eigenvalue weighted by Crippen LogP contribution is 2.40. The average Bonchev–Trinajstić information content (AvgIpc) is 3.08. The normalized spacial score (nSPS) is 18.4. The first-order valence-corrected chi connectivity index (χ1v) is 15.9. The molecule has 39 heavy (non-hydrogen) atoms. The largest absolute Gasteiger partial charge is 0.422 e. The molecule has 0 fully saturated rings.